The van der Waals surface area contributed by atoms with E-state index in [0.29, 0.717) is 28.6 Å². The molecule has 2 aromatic rings. The molecule has 0 aliphatic rings. The molecule has 0 fully saturated rings. The number of alkyl halides is 3. The van der Waals surface area contributed by atoms with Gasteiger partial charge in [0, 0.05) is 23.9 Å². The number of unbranched alkanes of at least 4 members (excludes halogenated alkanes) is 1. The largest absolute Gasteiger partial charge is 0.417 e. The van der Waals surface area contributed by atoms with Crippen LogP contribution >= 0.6 is 9.24 Å². The van der Waals surface area contributed by atoms with E-state index >= 15 is 4.39 Å². The van der Waals surface area contributed by atoms with Crippen LogP contribution in [0.5, 0.6) is 0 Å². The molecule has 0 amide bonds. The van der Waals surface area contributed by atoms with Crippen molar-refractivity contribution in [2.45, 2.75) is 92.2 Å². The van der Waals surface area contributed by atoms with Crippen LogP contribution in [0.25, 0.3) is 11.3 Å². The molecule has 3 N–H and O–H groups in total. The molecule has 1 aromatic heterocycles. The van der Waals surface area contributed by atoms with Gasteiger partial charge < -0.3 is 16.0 Å². The molecule has 1 heterocycles. The zero-order chi connectivity index (χ0) is 33.9. The molecule has 2 unspecified atom stereocenters. The highest BCUT2D eigenvalue weighted by Gasteiger charge is 2.38. The van der Waals surface area contributed by atoms with E-state index in [1.54, 1.807) is 6.08 Å². The van der Waals surface area contributed by atoms with E-state index in [1.165, 1.54) is 13.0 Å². The minimum Gasteiger partial charge on any atom is -0.378 e. The second-order valence-electron chi connectivity index (χ2n) is 12.1. The Morgan fingerprint density at radius 3 is 2.40 bits per heavy atom. The van der Waals surface area contributed by atoms with Crippen molar-refractivity contribution in [3.63, 3.8) is 0 Å². The van der Waals surface area contributed by atoms with E-state index in [9.17, 15) is 13.2 Å². The summed E-state index contributed by atoms with van der Waals surface area (Å²) >= 11 is 0. The van der Waals surface area contributed by atoms with E-state index in [4.69, 9.17) is 5.41 Å². The fraction of sp³-hybridized carbons (Fsp3) is 0.500. The summed E-state index contributed by atoms with van der Waals surface area (Å²) in [5, 5.41) is 15.2. The summed E-state index contributed by atoms with van der Waals surface area (Å²) in [6, 6.07) is 1.43. The minimum atomic E-state index is -4.74. The SMILES string of the molecule is C=C/C(=C/C(=C)CNc1c(F)c(-c2cc(C(C)C)c(P)c(C)c2C(F)(F)F)nc(CC(C)CCNCCCC)c1C=N)CCC. The molecular formula is C36H51F4N4P. The molecular weight excluding hydrogens is 595 g/mol. The molecule has 248 valence electrons. The molecule has 2 atom stereocenters. The monoisotopic (exact) mass is 646 g/mol. The molecule has 0 aliphatic heterocycles. The lowest BCUT2D eigenvalue weighted by atomic mass is 9.90. The van der Waals surface area contributed by atoms with E-state index < -0.39 is 17.6 Å². The summed E-state index contributed by atoms with van der Waals surface area (Å²) in [6.07, 6.45) is 4.99. The first-order valence-corrected chi connectivity index (χ1v) is 16.5. The van der Waals surface area contributed by atoms with Gasteiger partial charge in [-0.25, -0.2) is 9.37 Å². The number of aromatic nitrogens is 1. The first kappa shape index (κ1) is 38.4. The first-order valence-electron chi connectivity index (χ1n) is 15.9. The van der Waals surface area contributed by atoms with Gasteiger partial charge in [-0.2, -0.15) is 13.2 Å². The Hall–Kier alpha value is -2.83. The second kappa shape index (κ2) is 17.8. The Labute approximate surface area is 270 Å². The number of benzene rings is 1. The molecule has 1 aromatic carbocycles. The topological polar surface area (TPSA) is 60.8 Å². The zero-order valence-corrected chi connectivity index (χ0v) is 28.9. The van der Waals surface area contributed by atoms with Crippen LogP contribution in [0.4, 0.5) is 23.2 Å². The van der Waals surface area contributed by atoms with Crippen molar-refractivity contribution < 1.29 is 17.6 Å². The minimum absolute atomic E-state index is 0.0278. The smallest absolute Gasteiger partial charge is 0.378 e. The number of nitrogens with zero attached hydrogens (tertiary/aromatic N) is 1. The van der Waals surface area contributed by atoms with Gasteiger partial charge in [0.1, 0.15) is 5.69 Å². The zero-order valence-electron chi connectivity index (χ0n) is 27.8. The number of allylic oxidation sites excluding steroid dienone is 2. The normalized spacial score (nSPS) is 12.8. The fourth-order valence-corrected chi connectivity index (χ4v) is 5.98. The van der Waals surface area contributed by atoms with Crippen molar-refractivity contribution in [3.05, 3.63) is 76.3 Å². The number of rotatable bonds is 18. The van der Waals surface area contributed by atoms with Gasteiger partial charge in [0.15, 0.2) is 5.82 Å². The van der Waals surface area contributed by atoms with Crippen LogP contribution in [0.2, 0.25) is 0 Å². The van der Waals surface area contributed by atoms with Gasteiger partial charge >= 0.3 is 6.18 Å². The van der Waals surface area contributed by atoms with E-state index in [2.05, 4.69) is 51.9 Å². The average molecular weight is 647 g/mol. The van der Waals surface area contributed by atoms with Crippen LogP contribution in [-0.4, -0.2) is 30.8 Å². The predicted molar refractivity (Wildman–Crippen MR) is 187 cm³/mol. The lowest BCUT2D eigenvalue weighted by molar-refractivity contribution is -0.137. The highest BCUT2D eigenvalue weighted by molar-refractivity contribution is 7.27. The summed E-state index contributed by atoms with van der Waals surface area (Å²) < 4.78 is 60.6. The Morgan fingerprint density at radius 2 is 1.84 bits per heavy atom. The first-order chi connectivity index (χ1) is 21.2. The third kappa shape index (κ3) is 10.3. The molecule has 0 saturated carbocycles. The Bertz CT molecular complexity index is 1380. The van der Waals surface area contributed by atoms with Gasteiger partial charge in [0.2, 0.25) is 0 Å². The fourth-order valence-electron chi connectivity index (χ4n) is 5.42. The van der Waals surface area contributed by atoms with Crippen LogP contribution in [-0.2, 0) is 12.6 Å². The van der Waals surface area contributed by atoms with Crippen molar-refractivity contribution >= 4 is 26.4 Å². The summed E-state index contributed by atoms with van der Waals surface area (Å²) in [5.74, 6) is -0.935. The Morgan fingerprint density at radius 1 is 1.16 bits per heavy atom. The molecule has 2 rings (SSSR count). The summed E-state index contributed by atoms with van der Waals surface area (Å²) in [7, 11) is 2.43. The van der Waals surface area contributed by atoms with Gasteiger partial charge in [0.05, 0.1) is 16.9 Å². The quantitative estimate of drug-likeness (QED) is 0.0497. The molecule has 45 heavy (non-hydrogen) atoms. The highest BCUT2D eigenvalue weighted by Crippen LogP contribution is 2.43. The molecule has 0 aliphatic carbocycles. The number of halogens is 4. The number of anilines is 1. The molecule has 0 saturated heterocycles. The van der Waals surface area contributed by atoms with Crippen LogP contribution < -0.4 is 15.9 Å². The maximum Gasteiger partial charge on any atom is 0.417 e. The van der Waals surface area contributed by atoms with E-state index in [1.807, 2.05) is 26.8 Å². The number of pyridine rings is 1. The van der Waals surface area contributed by atoms with Crippen molar-refractivity contribution in [1.29, 1.82) is 5.41 Å². The van der Waals surface area contributed by atoms with E-state index in [0.717, 1.165) is 57.0 Å². The lowest BCUT2D eigenvalue weighted by Crippen LogP contribution is -2.21. The maximum atomic E-state index is 16.6. The van der Waals surface area contributed by atoms with Crippen molar-refractivity contribution in [1.82, 2.24) is 10.3 Å². The van der Waals surface area contributed by atoms with Gasteiger partial charge in [-0.1, -0.05) is 72.8 Å². The Kier molecular flexibility index (Phi) is 15.1. The van der Waals surface area contributed by atoms with Gasteiger partial charge in [-0.3, -0.25) is 0 Å². The number of hydrogen-bond acceptors (Lipinski definition) is 4. The predicted octanol–water partition coefficient (Wildman–Crippen LogP) is 9.68. The van der Waals surface area contributed by atoms with Crippen molar-refractivity contribution in [3.8, 4) is 11.3 Å². The standard InChI is InChI=1S/C36H51F4N4P/c1-9-12-15-42-16-14-23(6)18-30-29(20-41)33(43-21-24(7)17-26(11-3)13-10-2)32(37)34(44-30)28-19-27(22(4)5)35(45)25(8)31(28)36(38,39)40/h11,17,19-20,22-23,41-42H,3,7,9-10,12-16,18,21,45H2,1-2,4-6,8H3,(H,43,44)/b26-17-,41-20?. The van der Waals surface area contributed by atoms with Crippen LogP contribution in [0.3, 0.4) is 0 Å². The number of nitrogens with one attached hydrogen (secondary N) is 3. The number of hydrogen-bond donors (Lipinski definition) is 3. The van der Waals surface area contributed by atoms with Crippen LogP contribution in [0.1, 0.15) is 101 Å². The van der Waals surface area contributed by atoms with Gasteiger partial charge in [-0.15, -0.1) is 9.24 Å². The third-order valence-electron chi connectivity index (χ3n) is 7.96. The molecule has 0 spiro atoms. The lowest BCUT2D eigenvalue weighted by Gasteiger charge is -2.24. The highest BCUT2D eigenvalue weighted by atomic mass is 31.0. The summed E-state index contributed by atoms with van der Waals surface area (Å²) in [6.45, 7) is 21.2. The summed E-state index contributed by atoms with van der Waals surface area (Å²) in [4.78, 5) is 4.59. The molecule has 4 nitrogen and oxygen atoms in total. The maximum absolute atomic E-state index is 16.6. The van der Waals surface area contributed by atoms with Crippen molar-refractivity contribution in [2.24, 2.45) is 5.92 Å². The van der Waals surface area contributed by atoms with Gasteiger partial charge in [0.25, 0.3) is 0 Å². The molecule has 9 heteroatoms. The Balaban J connectivity index is 2.78. The van der Waals surface area contributed by atoms with Crippen LogP contribution in [0, 0.1) is 24.1 Å². The molecule has 0 radical (unpaired) electrons. The average Bonchev–Trinajstić information content (AvgIpc) is 2.97. The van der Waals surface area contributed by atoms with Crippen molar-refractivity contribution in [2.75, 3.05) is 25.0 Å². The van der Waals surface area contributed by atoms with E-state index in [-0.39, 0.29) is 46.5 Å². The van der Waals surface area contributed by atoms with Crippen LogP contribution in [0.15, 0.2) is 42.5 Å². The summed E-state index contributed by atoms with van der Waals surface area (Å²) in [5.41, 5.74) is 1.34. The third-order valence-corrected chi connectivity index (χ3v) is 8.73. The second-order valence-corrected chi connectivity index (χ2v) is 12.7. The van der Waals surface area contributed by atoms with Gasteiger partial charge in [-0.05, 0) is 91.2 Å². The molecule has 0 bridgehead atoms.